The van der Waals surface area contributed by atoms with Crippen LogP contribution >= 0.6 is 0 Å². The molecule has 8 heteroatoms. The van der Waals surface area contributed by atoms with Crippen molar-refractivity contribution in [2.24, 2.45) is 0 Å². The Morgan fingerprint density at radius 3 is 2.65 bits per heavy atom. The van der Waals surface area contributed by atoms with Crippen LogP contribution in [-0.2, 0) is 0 Å². The van der Waals surface area contributed by atoms with Crippen molar-refractivity contribution >= 4 is 17.6 Å². The van der Waals surface area contributed by atoms with Gasteiger partial charge in [-0.3, -0.25) is 10.1 Å². The molecule has 0 aliphatic carbocycles. The van der Waals surface area contributed by atoms with Crippen molar-refractivity contribution in [3.8, 4) is 11.5 Å². The standard InChI is InChI=1S/C18H15N5O3/c1-12-7-8-15(23(24)25)17(19-12)22-10-13(11-22)9-16-20-18(26-21-16)14-5-3-2-4-6-14/h2-9H,10-11H2,1H3. The van der Waals surface area contributed by atoms with Gasteiger partial charge in [-0.2, -0.15) is 4.98 Å². The van der Waals surface area contributed by atoms with Crippen LogP contribution in [0.3, 0.4) is 0 Å². The average Bonchev–Trinajstić information content (AvgIpc) is 3.07. The molecule has 1 aliphatic rings. The summed E-state index contributed by atoms with van der Waals surface area (Å²) in [5.41, 5.74) is 2.68. The molecule has 0 bridgehead atoms. The monoisotopic (exact) mass is 349 g/mol. The van der Waals surface area contributed by atoms with E-state index in [1.807, 2.05) is 48.2 Å². The lowest BCUT2D eigenvalue weighted by Gasteiger charge is -2.34. The van der Waals surface area contributed by atoms with Gasteiger partial charge < -0.3 is 9.42 Å². The molecule has 1 aliphatic heterocycles. The van der Waals surface area contributed by atoms with E-state index in [0.717, 1.165) is 16.8 Å². The fourth-order valence-electron chi connectivity index (χ4n) is 2.77. The Morgan fingerprint density at radius 2 is 1.92 bits per heavy atom. The first-order chi connectivity index (χ1) is 12.6. The van der Waals surface area contributed by atoms with Crippen molar-refractivity contribution in [3.63, 3.8) is 0 Å². The minimum absolute atomic E-state index is 0.0144. The smallest absolute Gasteiger partial charge is 0.311 e. The second-order valence-corrected chi connectivity index (χ2v) is 6.03. The lowest BCUT2D eigenvalue weighted by molar-refractivity contribution is -0.384. The van der Waals surface area contributed by atoms with Crippen molar-refractivity contribution in [2.75, 3.05) is 18.0 Å². The van der Waals surface area contributed by atoms with Crippen LogP contribution in [0.5, 0.6) is 0 Å². The van der Waals surface area contributed by atoms with Gasteiger partial charge in [-0.15, -0.1) is 0 Å². The van der Waals surface area contributed by atoms with Gasteiger partial charge in [0.25, 0.3) is 5.89 Å². The van der Waals surface area contributed by atoms with Gasteiger partial charge in [0.05, 0.1) is 4.92 Å². The maximum atomic E-state index is 11.2. The van der Waals surface area contributed by atoms with E-state index < -0.39 is 4.92 Å². The maximum Gasteiger partial charge on any atom is 0.311 e. The number of aryl methyl sites for hydroxylation is 1. The lowest BCUT2D eigenvalue weighted by atomic mass is 10.1. The molecule has 8 nitrogen and oxygen atoms in total. The number of nitro groups is 1. The zero-order valence-corrected chi connectivity index (χ0v) is 14.0. The van der Waals surface area contributed by atoms with E-state index in [0.29, 0.717) is 30.6 Å². The Hall–Kier alpha value is -3.55. The molecule has 0 N–H and O–H groups in total. The van der Waals surface area contributed by atoms with Crippen LogP contribution in [-0.4, -0.2) is 33.1 Å². The molecule has 3 aromatic rings. The third kappa shape index (κ3) is 3.04. The Bertz CT molecular complexity index is 989. The number of hydrogen-bond acceptors (Lipinski definition) is 7. The summed E-state index contributed by atoms with van der Waals surface area (Å²) in [6.07, 6.45) is 1.84. The van der Waals surface area contributed by atoms with E-state index in [1.54, 1.807) is 6.07 Å². The van der Waals surface area contributed by atoms with E-state index in [-0.39, 0.29) is 5.69 Å². The number of benzene rings is 1. The van der Waals surface area contributed by atoms with Gasteiger partial charge in [0.2, 0.25) is 5.82 Å². The van der Waals surface area contributed by atoms with E-state index in [2.05, 4.69) is 15.1 Å². The van der Waals surface area contributed by atoms with Crippen LogP contribution in [0.25, 0.3) is 17.5 Å². The molecule has 26 heavy (non-hydrogen) atoms. The van der Waals surface area contributed by atoms with Gasteiger partial charge in [-0.1, -0.05) is 23.4 Å². The molecule has 2 aromatic heterocycles. The SMILES string of the molecule is Cc1ccc([N+](=O)[O-])c(N2CC(=Cc3noc(-c4ccccc4)n3)C2)n1. The molecule has 0 saturated carbocycles. The van der Waals surface area contributed by atoms with Crippen molar-refractivity contribution in [1.29, 1.82) is 0 Å². The summed E-state index contributed by atoms with van der Waals surface area (Å²) >= 11 is 0. The zero-order valence-electron chi connectivity index (χ0n) is 14.0. The van der Waals surface area contributed by atoms with Crippen molar-refractivity contribution in [3.05, 3.63) is 69.7 Å². The first kappa shape index (κ1) is 15.9. The Balaban J connectivity index is 1.50. The minimum atomic E-state index is -0.408. The van der Waals surface area contributed by atoms with E-state index >= 15 is 0 Å². The quantitative estimate of drug-likeness (QED) is 0.526. The van der Waals surface area contributed by atoms with E-state index in [4.69, 9.17) is 4.52 Å². The van der Waals surface area contributed by atoms with Crippen molar-refractivity contribution in [2.45, 2.75) is 6.92 Å². The second kappa shape index (κ2) is 6.40. The molecule has 1 saturated heterocycles. The normalized spacial score (nSPS) is 13.4. The van der Waals surface area contributed by atoms with E-state index in [1.165, 1.54) is 6.07 Å². The van der Waals surface area contributed by atoms with Gasteiger partial charge in [-0.05, 0) is 36.8 Å². The Kier molecular flexibility index (Phi) is 3.92. The highest BCUT2D eigenvalue weighted by Crippen LogP contribution is 2.31. The van der Waals surface area contributed by atoms with Crippen molar-refractivity contribution < 1.29 is 9.45 Å². The summed E-state index contributed by atoms with van der Waals surface area (Å²) in [6.45, 7) is 2.91. The molecule has 0 radical (unpaired) electrons. The molecule has 130 valence electrons. The highest BCUT2D eigenvalue weighted by molar-refractivity contribution is 5.65. The summed E-state index contributed by atoms with van der Waals surface area (Å²) in [6, 6.07) is 12.7. The number of anilines is 1. The summed E-state index contributed by atoms with van der Waals surface area (Å²) in [4.78, 5) is 21.3. The van der Waals surface area contributed by atoms with Crippen LogP contribution in [0.1, 0.15) is 11.5 Å². The van der Waals surface area contributed by atoms with Crippen LogP contribution in [0.4, 0.5) is 11.5 Å². The summed E-state index contributed by atoms with van der Waals surface area (Å²) < 4.78 is 5.28. The number of rotatable bonds is 4. The lowest BCUT2D eigenvalue weighted by Crippen LogP contribution is -2.41. The highest BCUT2D eigenvalue weighted by atomic mass is 16.6. The Labute approximate surface area is 148 Å². The number of hydrogen-bond donors (Lipinski definition) is 0. The summed E-state index contributed by atoms with van der Waals surface area (Å²) in [5, 5.41) is 15.1. The third-order valence-electron chi connectivity index (χ3n) is 4.07. The van der Waals surface area contributed by atoms with Crippen LogP contribution in [0, 0.1) is 17.0 Å². The Morgan fingerprint density at radius 1 is 1.15 bits per heavy atom. The molecule has 1 fully saturated rings. The fraction of sp³-hybridized carbons (Fsp3) is 0.167. The largest absolute Gasteiger partial charge is 0.343 e. The van der Waals surface area contributed by atoms with Gasteiger partial charge in [-0.25, -0.2) is 4.98 Å². The molecule has 0 atom stereocenters. The van der Waals surface area contributed by atoms with Crippen molar-refractivity contribution in [1.82, 2.24) is 15.1 Å². The fourth-order valence-corrected chi connectivity index (χ4v) is 2.77. The molecule has 4 rings (SSSR count). The average molecular weight is 349 g/mol. The highest BCUT2D eigenvalue weighted by Gasteiger charge is 2.29. The summed E-state index contributed by atoms with van der Waals surface area (Å²) in [7, 11) is 0. The van der Waals surface area contributed by atoms with Gasteiger partial charge >= 0.3 is 5.69 Å². The second-order valence-electron chi connectivity index (χ2n) is 6.03. The molecule has 0 unspecified atom stereocenters. The van der Waals surface area contributed by atoms with Gasteiger partial charge in [0.15, 0.2) is 5.82 Å². The summed E-state index contributed by atoms with van der Waals surface area (Å²) in [5.74, 6) is 1.35. The first-order valence-electron chi connectivity index (χ1n) is 8.06. The molecular weight excluding hydrogens is 334 g/mol. The molecule has 0 amide bonds. The number of pyridine rings is 1. The third-order valence-corrected chi connectivity index (χ3v) is 4.07. The van der Waals surface area contributed by atoms with Crippen LogP contribution in [0.15, 0.2) is 52.6 Å². The number of aromatic nitrogens is 3. The predicted octanol–water partition coefficient (Wildman–Crippen LogP) is 3.25. The molecule has 3 heterocycles. The van der Waals surface area contributed by atoms with Gasteiger partial charge in [0.1, 0.15) is 0 Å². The first-order valence-corrected chi connectivity index (χ1v) is 8.06. The minimum Gasteiger partial charge on any atom is -0.343 e. The number of nitrogens with zero attached hydrogens (tertiary/aromatic N) is 5. The molecular formula is C18H15N5O3. The predicted molar refractivity (Wildman–Crippen MR) is 95.6 cm³/mol. The molecule has 1 aromatic carbocycles. The van der Waals surface area contributed by atoms with E-state index in [9.17, 15) is 10.1 Å². The van der Waals surface area contributed by atoms with Gasteiger partial charge in [0, 0.05) is 30.4 Å². The molecule has 0 spiro atoms. The van der Waals surface area contributed by atoms with Crippen LogP contribution < -0.4 is 4.90 Å². The van der Waals surface area contributed by atoms with Crippen LogP contribution in [0.2, 0.25) is 0 Å². The zero-order chi connectivity index (χ0) is 18.1. The maximum absolute atomic E-state index is 11.2. The topological polar surface area (TPSA) is 98.2 Å².